The number of carbonyl (C=O) groups excluding carboxylic acids is 1. The van der Waals surface area contributed by atoms with Crippen LogP contribution >= 0.6 is 12.2 Å². The molecule has 0 saturated heterocycles. The van der Waals surface area contributed by atoms with Gasteiger partial charge in [-0.15, -0.1) is 0 Å². The molecule has 1 amide bonds. The Balaban J connectivity index is 1.24. The molecule has 1 N–H and O–H groups in total. The van der Waals surface area contributed by atoms with Gasteiger partial charge in [-0.2, -0.15) is 0 Å². The zero-order valence-electron chi connectivity index (χ0n) is 17.9. The van der Waals surface area contributed by atoms with E-state index in [0.717, 1.165) is 32.5 Å². The first-order chi connectivity index (χ1) is 15.7. The predicted molar refractivity (Wildman–Crippen MR) is 134 cm³/mol. The van der Waals surface area contributed by atoms with Crippen LogP contribution in [0.1, 0.15) is 30.5 Å². The monoisotopic (exact) mass is 439 g/mol. The van der Waals surface area contributed by atoms with Crippen molar-refractivity contribution in [2.75, 3.05) is 25.0 Å². The van der Waals surface area contributed by atoms with Crippen LogP contribution in [-0.4, -0.2) is 40.3 Å². The highest BCUT2D eigenvalue weighted by molar-refractivity contribution is 7.81. The Morgan fingerprint density at radius 3 is 2.78 bits per heavy atom. The summed E-state index contributed by atoms with van der Waals surface area (Å²) in [5.41, 5.74) is 4.63. The van der Waals surface area contributed by atoms with Crippen molar-refractivity contribution in [1.82, 2.24) is 9.88 Å². The number of allylic oxidation sites excluding steroid dienone is 3. The van der Waals surface area contributed by atoms with Gasteiger partial charge in [0.15, 0.2) is 0 Å². The Morgan fingerprint density at radius 1 is 1.19 bits per heavy atom. The quantitative estimate of drug-likeness (QED) is 0.537. The molecule has 5 heteroatoms. The molecule has 0 atom stereocenters. The lowest BCUT2D eigenvalue weighted by molar-refractivity contribution is -0.112. The maximum atomic E-state index is 12.4. The number of amides is 1. The Bertz CT molecular complexity index is 1130. The molecular weight excluding hydrogens is 414 g/mol. The molecule has 1 aliphatic carbocycles. The van der Waals surface area contributed by atoms with Crippen LogP contribution in [-0.2, 0) is 4.79 Å². The number of nitrogens with one attached hydrogen (secondary N) is 1. The fourth-order valence-electron chi connectivity index (χ4n) is 3.68. The van der Waals surface area contributed by atoms with E-state index in [1.54, 1.807) is 12.3 Å². The molecule has 2 heterocycles. The van der Waals surface area contributed by atoms with E-state index in [0.29, 0.717) is 28.2 Å². The van der Waals surface area contributed by atoms with Crippen molar-refractivity contribution in [2.24, 2.45) is 0 Å². The van der Waals surface area contributed by atoms with Gasteiger partial charge in [0.2, 0.25) is 0 Å². The van der Waals surface area contributed by atoms with E-state index >= 15 is 0 Å². The third-order valence-electron chi connectivity index (χ3n) is 5.48. The van der Waals surface area contributed by atoms with Crippen LogP contribution in [0, 0.1) is 11.8 Å². The van der Waals surface area contributed by atoms with Gasteiger partial charge in [0.1, 0.15) is 5.69 Å². The van der Waals surface area contributed by atoms with Crippen LogP contribution in [0.2, 0.25) is 0 Å². The molecule has 0 fully saturated rings. The van der Waals surface area contributed by atoms with Crippen molar-refractivity contribution < 1.29 is 4.79 Å². The van der Waals surface area contributed by atoms with Gasteiger partial charge in [-0.1, -0.05) is 66.7 Å². The van der Waals surface area contributed by atoms with E-state index in [4.69, 9.17) is 12.2 Å². The van der Waals surface area contributed by atoms with Crippen molar-refractivity contribution in [3.8, 4) is 11.8 Å². The molecule has 2 aromatic rings. The van der Waals surface area contributed by atoms with E-state index < -0.39 is 0 Å². The highest BCUT2D eigenvalue weighted by Gasteiger charge is 2.15. The molecule has 0 bridgehead atoms. The summed E-state index contributed by atoms with van der Waals surface area (Å²) in [5.74, 6) is 6.12. The van der Waals surface area contributed by atoms with Gasteiger partial charge >= 0.3 is 0 Å². The van der Waals surface area contributed by atoms with Crippen LogP contribution < -0.4 is 5.32 Å². The molecular formula is C27H25N3OS. The fraction of sp³-hybridized carbons (Fsp3) is 0.222. The Labute approximate surface area is 194 Å². The summed E-state index contributed by atoms with van der Waals surface area (Å²) >= 11 is 5.25. The summed E-state index contributed by atoms with van der Waals surface area (Å²) in [6.07, 6.45) is 12.0. The highest BCUT2D eigenvalue weighted by Crippen LogP contribution is 2.22. The zero-order valence-corrected chi connectivity index (χ0v) is 18.7. The molecule has 1 aromatic heterocycles. The first-order valence-electron chi connectivity index (χ1n) is 10.8. The average Bonchev–Trinajstić information content (AvgIpc) is 2.84. The number of rotatable bonds is 5. The van der Waals surface area contributed by atoms with Crippen LogP contribution in [0.3, 0.4) is 0 Å². The maximum absolute atomic E-state index is 12.4. The third-order valence-corrected chi connectivity index (χ3v) is 5.86. The molecule has 1 aromatic carbocycles. The number of pyridine rings is 1. The molecule has 160 valence electrons. The smallest absolute Gasteiger partial charge is 0.256 e. The first-order valence-corrected chi connectivity index (χ1v) is 11.2. The third kappa shape index (κ3) is 5.88. The van der Waals surface area contributed by atoms with E-state index in [9.17, 15) is 4.79 Å². The number of benzene rings is 1. The van der Waals surface area contributed by atoms with Gasteiger partial charge in [0, 0.05) is 37.3 Å². The van der Waals surface area contributed by atoms with E-state index in [1.807, 2.05) is 24.3 Å². The zero-order chi connectivity index (χ0) is 22.2. The Morgan fingerprint density at radius 2 is 2.06 bits per heavy atom. The molecule has 0 spiro atoms. The largest absolute Gasteiger partial charge is 0.321 e. The molecule has 4 nitrogen and oxygen atoms in total. The summed E-state index contributed by atoms with van der Waals surface area (Å²) in [4.78, 5) is 19.8. The van der Waals surface area contributed by atoms with E-state index in [2.05, 4.69) is 63.4 Å². The lowest BCUT2D eigenvalue weighted by atomic mass is 9.99. The maximum Gasteiger partial charge on any atom is 0.256 e. The number of aromatic nitrogens is 1. The van der Waals surface area contributed by atoms with E-state index in [1.165, 1.54) is 11.1 Å². The minimum absolute atomic E-state index is 0.203. The SMILES string of the molecule is O=C(Nc1ccc(C#CCCN2CC=C(c3ccccc3)CC2)nc1)C1=CC=CCC1=S. The van der Waals surface area contributed by atoms with E-state index in [-0.39, 0.29) is 5.91 Å². The van der Waals surface area contributed by atoms with Gasteiger partial charge in [0.05, 0.1) is 17.5 Å². The first kappa shape index (κ1) is 21.9. The lowest BCUT2D eigenvalue weighted by Gasteiger charge is -2.25. The van der Waals surface area contributed by atoms with Crippen LogP contribution in [0.15, 0.2) is 78.5 Å². The summed E-state index contributed by atoms with van der Waals surface area (Å²) in [6, 6.07) is 14.2. The second-order valence-electron chi connectivity index (χ2n) is 7.72. The predicted octanol–water partition coefficient (Wildman–Crippen LogP) is 4.81. The standard InChI is InChI=1S/C27H25N3OS/c31-27(25-11-4-5-12-26(25)32)29-24-14-13-23(28-20-24)10-6-7-17-30-18-15-22(16-19-30)21-8-2-1-3-9-21/h1-5,8-9,11,13-15,20H,7,12,16-19H2,(H,29,31). The molecule has 0 unspecified atom stereocenters. The second-order valence-corrected chi connectivity index (χ2v) is 8.21. The number of hydrogen-bond donors (Lipinski definition) is 1. The van der Waals surface area contributed by atoms with Crippen molar-refractivity contribution >= 4 is 34.3 Å². The van der Waals surface area contributed by atoms with Gasteiger partial charge in [-0.25, -0.2) is 4.98 Å². The molecule has 4 rings (SSSR count). The van der Waals surface area contributed by atoms with Crippen LogP contribution in [0.5, 0.6) is 0 Å². The summed E-state index contributed by atoms with van der Waals surface area (Å²) in [5, 5.41) is 2.84. The lowest BCUT2D eigenvalue weighted by Crippen LogP contribution is -2.29. The molecule has 2 aliphatic rings. The minimum Gasteiger partial charge on any atom is -0.321 e. The number of thiocarbonyl (C=S) groups is 1. The molecule has 32 heavy (non-hydrogen) atoms. The van der Waals surface area contributed by atoms with Crippen molar-refractivity contribution in [1.29, 1.82) is 0 Å². The molecule has 0 radical (unpaired) electrons. The van der Waals surface area contributed by atoms with Gasteiger partial charge in [-0.3, -0.25) is 9.69 Å². The number of carbonyl (C=O) groups is 1. The molecule has 0 saturated carbocycles. The minimum atomic E-state index is -0.203. The summed E-state index contributed by atoms with van der Waals surface area (Å²) in [6.45, 7) is 2.97. The van der Waals surface area contributed by atoms with Crippen LogP contribution in [0.4, 0.5) is 5.69 Å². The molecule has 1 aliphatic heterocycles. The second kappa shape index (κ2) is 10.8. The highest BCUT2D eigenvalue weighted by atomic mass is 32.1. The van der Waals surface area contributed by atoms with Crippen molar-refractivity contribution in [3.05, 3.63) is 89.8 Å². The topological polar surface area (TPSA) is 45.2 Å². The van der Waals surface area contributed by atoms with Gasteiger partial charge in [0.25, 0.3) is 5.91 Å². The van der Waals surface area contributed by atoms with Crippen LogP contribution in [0.25, 0.3) is 5.57 Å². The summed E-state index contributed by atoms with van der Waals surface area (Å²) < 4.78 is 0. The Kier molecular flexibility index (Phi) is 7.39. The number of anilines is 1. The number of hydrogen-bond acceptors (Lipinski definition) is 4. The van der Waals surface area contributed by atoms with Gasteiger partial charge in [-0.05, 0) is 41.7 Å². The Hall–Kier alpha value is -3.33. The van der Waals surface area contributed by atoms with Gasteiger partial charge < -0.3 is 5.32 Å². The van der Waals surface area contributed by atoms with Crippen molar-refractivity contribution in [3.63, 3.8) is 0 Å². The fourth-order valence-corrected chi connectivity index (χ4v) is 3.94. The average molecular weight is 440 g/mol. The normalized spacial score (nSPS) is 15.9. The number of nitrogens with zero attached hydrogens (tertiary/aromatic N) is 2. The van der Waals surface area contributed by atoms with Crippen molar-refractivity contribution in [2.45, 2.75) is 19.3 Å². The summed E-state index contributed by atoms with van der Waals surface area (Å²) in [7, 11) is 0.